The van der Waals surface area contributed by atoms with Gasteiger partial charge in [-0.15, -0.1) is 0 Å². The Hall–Kier alpha value is -4.42. The molecule has 0 N–H and O–H groups in total. The largest absolute Gasteiger partial charge is 0.283 e. The Morgan fingerprint density at radius 3 is 1.87 bits per heavy atom. The van der Waals surface area contributed by atoms with Crippen LogP contribution in [0.5, 0.6) is 0 Å². The van der Waals surface area contributed by atoms with E-state index in [0.717, 1.165) is 33.5 Å². The molecule has 5 rings (SSSR count). The number of nitriles is 1. The minimum Gasteiger partial charge on any atom is -0.283 e. The van der Waals surface area contributed by atoms with Gasteiger partial charge >= 0.3 is 0 Å². The average molecular weight is 398 g/mol. The number of fused-ring (bicyclic) bond motifs is 1. The van der Waals surface area contributed by atoms with Crippen LogP contribution in [-0.4, -0.2) is 10.8 Å². The van der Waals surface area contributed by atoms with Crippen molar-refractivity contribution in [1.29, 1.82) is 5.26 Å². The van der Waals surface area contributed by atoms with E-state index in [2.05, 4.69) is 6.07 Å². The normalized spacial score (nSPS) is 16.7. The maximum atomic E-state index is 13.4. The maximum Gasteiger partial charge on any atom is 0.263 e. The summed E-state index contributed by atoms with van der Waals surface area (Å²) in [5, 5.41) is 9.87. The standard InChI is InChI=1S/C28H18N2O/c29-19-24(20-10-4-1-5-11-20)23-16-17-30-25(18-23)26(21-12-6-2-7-13-21)27(28(30)31)22-14-8-3-9-15-22/h1-18H/b24-23-. The molecule has 31 heavy (non-hydrogen) atoms. The molecule has 0 saturated carbocycles. The number of hydrogen-bond acceptors (Lipinski definition) is 2. The van der Waals surface area contributed by atoms with Crippen LogP contribution in [0, 0.1) is 11.3 Å². The molecular weight excluding hydrogens is 380 g/mol. The van der Waals surface area contributed by atoms with Gasteiger partial charge in [0.1, 0.15) is 6.07 Å². The van der Waals surface area contributed by atoms with E-state index in [-0.39, 0.29) is 5.91 Å². The van der Waals surface area contributed by atoms with Crippen molar-refractivity contribution in [3.63, 3.8) is 0 Å². The molecule has 0 radical (unpaired) electrons. The van der Waals surface area contributed by atoms with Crippen molar-refractivity contribution in [3.8, 4) is 6.07 Å². The molecule has 2 aliphatic rings. The SMILES string of the molecule is N#C/C(=C1\C=CN2C(=O)C(c3ccccc3)=C(c3ccccc3)C2=C1)c1ccccc1. The molecule has 0 fully saturated rings. The van der Waals surface area contributed by atoms with Gasteiger partial charge in [-0.25, -0.2) is 0 Å². The quantitative estimate of drug-likeness (QED) is 0.521. The van der Waals surface area contributed by atoms with Gasteiger partial charge in [0, 0.05) is 11.8 Å². The zero-order chi connectivity index (χ0) is 21.2. The topological polar surface area (TPSA) is 44.1 Å². The Morgan fingerprint density at radius 2 is 1.29 bits per heavy atom. The van der Waals surface area contributed by atoms with Gasteiger partial charge in [-0.1, -0.05) is 91.0 Å². The van der Waals surface area contributed by atoms with Gasteiger partial charge in [-0.3, -0.25) is 9.69 Å². The Bertz CT molecular complexity index is 1320. The van der Waals surface area contributed by atoms with Crippen LogP contribution in [0.4, 0.5) is 0 Å². The predicted octanol–water partition coefficient (Wildman–Crippen LogP) is 5.83. The molecule has 3 aromatic carbocycles. The summed E-state index contributed by atoms with van der Waals surface area (Å²) in [6.07, 6.45) is 5.55. The van der Waals surface area contributed by atoms with Crippen LogP contribution in [0.2, 0.25) is 0 Å². The van der Waals surface area contributed by atoms with Gasteiger partial charge in [0.2, 0.25) is 0 Å². The fraction of sp³-hybridized carbons (Fsp3) is 0. The van der Waals surface area contributed by atoms with Gasteiger partial charge in [-0.05, 0) is 34.4 Å². The summed E-state index contributed by atoms with van der Waals surface area (Å²) >= 11 is 0. The monoisotopic (exact) mass is 398 g/mol. The zero-order valence-electron chi connectivity index (χ0n) is 16.7. The lowest BCUT2D eigenvalue weighted by molar-refractivity contribution is -0.120. The summed E-state index contributed by atoms with van der Waals surface area (Å²) in [7, 11) is 0. The Labute approximate surface area is 181 Å². The van der Waals surface area contributed by atoms with Gasteiger partial charge in [-0.2, -0.15) is 5.26 Å². The first-order valence-corrected chi connectivity index (χ1v) is 10.1. The van der Waals surface area contributed by atoms with E-state index in [1.165, 1.54) is 0 Å². The second-order valence-electron chi connectivity index (χ2n) is 7.31. The molecule has 0 aromatic heterocycles. The first kappa shape index (κ1) is 18.6. The lowest BCUT2D eigenvalue weighted by Crippen LogP contribution is -2.21. The predicted molar refractivity (Wildman–Crippen MR) is 123 cm³/mol. The smallest absolute Gasteiger partial charge is 0.263 e. The van der Waals surface area contributed by atoms with Crippen LogP contribution in [0.1, 0.15) is 16.7 Å². The zero-order valence-corrected chi connectivity index (χ0v) is 16.7. The second kappa shape index (κ2) is 7.78. The van der Waals surface area contributed by atoms with Gasteiger partial charge in [0.05, 0.1) is 16.8 Å². The van der Waals surface area contributed by atoms with E-state index in [9.17, 15) is 10.1 Å². The van der Waals surface area contributed by atoms with E-state index >= 15 is 0 Å². The molecule has 3 aromatic rings. The average Bonchev–Trinajstić information content (AvgIpc) is 3.13. The van der Waals surface area contributed by atoms with Crippen molar-refractivity contribution in [2.45, 2.75) is 0 Å². The Morgan fingerprint density at radius 1 is 0.742 bits per heavy atom. The molecule has 2 heterocycles. The minimum atomic E-state index is -0.0650. The summed E-state index contributed by atoms with van der Waals surface area (Å²) in [5.74, 6) is -0.0650. The molecule has 0 saturated heterocycles. The summed E-state index contributed by atoms with van der Waals surface area (Å²) in [6.45, 7) is 0. The molecule has 0 unspecified atom stereocenters. The van der Waals surface area contributed by atoms with Crippen molar-refractivity contribution in [2.75, 3.05) is 0 Å². The van der Waals surface area contributed by atoms with E-state index in [0.29, 0.717) is 11.1 Å². The highest BCUT2D eigenvalue weighted by Crippen LogP contribution is 2.44. The fourth-order valence-electron chi connectivity index (χ4n) is 4.05. The van der Waals surface area contributed by atoms with E-state index in [1.807, 2.05) is 103 Å². The van der Waals surface area contributed by atoms with Gasteiger partial charge < -0.3 is 0 Å². The third-order valence-electron chi connectivity index (χ3n) is 5.48. The highest BCUT2D eigenvalue weighted by Gasteiger charge is 2.36. The second-order valence-corrected chi connectivity index (χ2v) is 7.31. The molecule has 0 spiro atoms. The number of benzene rings is 3. The summed E-state index contributed by atoms with van der Waals surface area (Å²) < 4.78 is 0. The van der Waals surface area contributed by atoms with Crippen molar-refractivity contribution in [2.24, 2.45) is 0 Å². The number of rotatable bonds is 3. The number of amides is 1. The molecule has 0 atom stereocenters. The van der Waals surface area contributed by atoms with Crippen molar-refractivity contribution in [3.05, 3.63) is 137 Å². The minimum absolute atomic E-state index is 0.0650. The molecule has 0 bridgehead atoms. The Kier molecular flexibility index (Phi) is 4.67. The number of allylic oxidation sites excluding steroid dienone is 5. The van der Waals surface area contributed by atoms with Crippen LogP contribution >= 0.6 is 0 Å². The van der Waals surface area contributed by atoms with Crippen LogP contribution in [0.15, 0.2) is 121 Å². The number of nitrogens with zero attached hydrogens (tertiary/aromatic N) is 2. The molecule has 3 nitrogen and oxygen atoms in total. The number of carbonyl (C=O) groups is 1. The van der Waals surface area contributed by atoms with Crippen molar-refractivity contribution < 1.29 is 4.79 Å². The molecule has 146 valence electrons. The highest BCUT2D eigenvalue weighted by atomic mass is 16.2. The number of hydrogen-bond donors (Lipinski definition) is 0. The maximum absolute atomic E-state index is 13.4. The van der Waals surface area contributed by atoms with Crippen LogP contribution in [-0.2, 0) is 4.79 Å². The first-order chi connectivity index (χ1) is 15.3. The fourth-order valence-corrected chi connectivity index (χ4v) is 4.05. The molecule has 2 aliphatic heterocycles. The van der Waals surface area contributed by atoms with Crippen LogP contribution < -0.4 is 0 Å². The Balaban J connectivity index is 1.76. The van der Waals surface area contributed by atoms with Gasteiger partial charge in [0.15, 0.2) is 0 Å². The van der Waals surface area contributed by atoms with Gasteiger partial charge in [0.25, 0.3) is 5.91 Å². The number of carbonyl (C=O) groups excluding carboxylic acids is 1. The molecular formula is C28H18N2O. The van der Waals surface area contributed by atoms with Crippen molar-refractivity contribution in [1.82, 2.24) is 4.90 Å². The lowest BCUT2D eigenvalue weighted by atomic mass is 9.93. The van der Waals surface area contributed by atoms with E-state index in [1.54, 1.807) is 11.1 Å². The van der Waals surface area contributed by atoms with Crippen molar-refractivity contribution >= 4 is 22.6 Å². The first-order valence-electron chi connectivity index (χ1n) is 10.1. The summed E-state index contributed by atoms with van der Waals surface area (Å²) in [6, 6.07) is 31.6. The molecule has 3 heteroatoms. The highest BCUT2D eigenvalue weighted by molar-refractivity contribution is 6.34. The summed E-state index contributed by atoms with van der Waals surface area (Å²) in [5.41, 5.74) is 6.41. The third-order valence-corrected chi connectivity index (χ3v) is 5.48. The van der Waals surface area contributed by atoms with Crippen LogP contribution in [0.25, 0.3) is 16.7 Å². The third kappa shape index (κ3) is 3.21. The molecule has 1 amide bonds. The van der Waals surface area contributed by atoms with E-state index < -0.39 is 0 Å². The summed E-state index contributed by atoms with van der Waals surface area (Å²) in [4.78, 5) is 15.1. The van der Waals surface area contributed by atoms with Crippen LogP contribution in [0.3, 0.4) is 0 Å². The van der Waals surface area contributed by atoms with E-state index in [4.69, 9.17) is 0 Å². The molecule has 0 aliphatic carbocycles. The lowest BCUT2D eigenvalue weighted by Gasteiger charge is -2.20.